The fourth-order valence-corrected chi connectivity index (χ4v) is 3.95. The topological polar surface area (TPSA) is 44.7 Å². The van der Waals surface area contributed by atoms with Gasteiger partial charge in [-0.25, -0.2) is 5.43 Å². The Morgan fingerprint density at radius 2 is 1.91 bits per heavy atom. The molecule has 4 nitrogen and oxygen atoms in total. The number of carbonyl (C=O) groups is 1. The Morgan fingerprint density at radius 3 is 2.45 bits per heavy atom. The van der Waals surface area contributed by atoms with Crippen molar-refractivity contribution in [1.29, 1.82) is 0 Å². The lowest BCUT2D eigenvalue weighted by atomic mass is 9.86. The number of benzene rings is 1. The van der Waals surface area contributed by atoms with Gasteiger partial charge in [-0.2, -0.15) is 5.10 Å². The lowest BCUT2D eigenvalue weighted by Crippen LogP contribution is -2.24. The molecule has 1 aromatic rings. The molecule has 0 aromatic heterocycles. The Morgan fingerprint density at radius 1 is 1.18 bits per heavy atom. The molecule has 0 radical (unpaired) electrons. The number of anilines is 1. The summed E-state index contributed by atoms with van der Waals surface area (Å²) in [6, 6.07) is 7.57. The summed E-state index contributed by atoms with van der Waals surface area (Å²) in [6.45, 7) is 2.06. The van der Waals surface area contributed by atoms with Gasteiger partial charge in [-0.05, 0) is 62.3 Å². The molecule has 1 aromatic carbocycles. The van der Waals surface area contributed by atoms with Gasteiger partial charge in [0, 0.05) is 37.0 Å². The summed E-state index contributed by atoms with van der Waals surface area (Å²) in [6.07, 6.45) is 5.34. The third kappa shape index (κ3) is 3.01. The maximum absolute atomic E-state index is 12.2. The molecule has 2 saturated carbocycles. The van der Waals surface area contributed by atoms with Crippen LogP contribution in [0, 0.1) is 17.8 Å². The Balaban J connectivity index is 1.60. The van der Waals surface area contributed by atoms with Crippen molar-refractivity contribution in [3.8, 4) is 0 Å². The van der Waals surface area contributed by atoms with Gasteiger partial charge in [0.05, 0.1) is 0 Å². The van der Waals surface area contributed by atoms with Crippen molar-refractivity contribution >= 4 is 17.3 Å². The molecule has 4 heteroatoms. The molecule has 3 atom stereocenters. The Hall–Kier alpha value is -1.84. The van der Waals surface area contributed by atoms with Crippen LogP contribution in [-0.4, -0.2) is 25.7 Å². The molecule has 2 aliphatic rings. The molecule has 2 fully saturated rings. The number of rotatable bonds is 4. The van der Waals surface area contributed by atoms with Crippen LogP contribution in [0.1, 0.15) is 43.0 Å². The highest BCUT2D eigenvalue weighted by Gasteiger charge is 2.40. The average Bonchev–Trinajstić information content (AvgIpc) is 3.15. The van der Waals surface area contributed by atoms with Crippen molar-refractivity contribution < 1.29 is 4.79 Å². The first-order valence-electron chi connectivity index (χ1n) is 8.16. The van der Waals surface area contributed by atoms with E-state index in [1.807, 2.05) is 43.3 Å². The monoisotopic (exact) mass is 299 g/mol. The minimum atomic E-state index is -0.132. The van der Waals surface area contributed by atoms with Crippen LogP contribution in [0.5, 0.6) is 0 Å². The van der Waals surface area contributed by atoms with Crippen molar-refractivity contribution in [1.82, 2.24) is 5.43 Å². The van der Waals surface area contributed by atoms with Gasteiger partial charge in [0.15, 0.2) is 0 Å². The number of hydrazone groups is 1. The molecule has 0 aliphatic heterocycles. The lowest BCUT2D eigenvalue weighted by Gasteiger charge is -2.21. The molecule has 0 saturated heterocycles. The maximum atomic E-state index is 12.2. The predicted octanol–water partition coefficient (Wildman–Crippen LogP) is 3.29. The van der Waals surface area contributed by atoms with Crippen molar-refractivity contribution in [2.24, 2.45) is 22.9 Å². The van der Waals surface area contributed by atoms with Crippen molar-refractivity contribution in [2.75, 3.05) is 19.0 Å². The van der Waals surface area contributed by atoms with E-state index in [9.17, 15) is 4.79 Å². The number of nitrogens with one attached hydrogen (secondary N) is 1. The molecule has 0 heterocycles. The molecule has 2 bridgehead atoms. The Kier molecular flexibility index (Phi) is 4.19. The van der Waals surface area contributed by atoms with Crippen LogP contribution in [0.4, 0.5) is 5.69 Å². The van der Waals surface area contributed by atoms with Crippen molar-refractivity contribution in [3.63, 3.8) is 0 Å². The van der Waals surface area contributed by atoms with E-state index in [1.54, 1.807) is 0 Å². The first-order chi connectivity index (χ1) is 10.5. The van der Waals surface area contributed by atoms with Gasteiger partial charge < -0.3 is 4.90 Å². The first kappa shape index (κ1) is 15.1. The van der Waals surface area contributed by atoms with Crippen LogP contribution < -0.4 is 10.3 Å². The summed E-state index contributed by atoms with van der Waals surface area (Å²) in [5, 5.41) is 4.37. The van der Waals surface area contributed by atoms with Gasteiger partial charge in [-0.3, -0.25) is 4.79 Å². The van der Waals surface area contributed by atoms with E-state index >= 15 is 0 Å². The summed E-state index contributed by atoms with van der Waals surface area (Å²) in [4.78, 5) is 14.2. The minimum Gasteiger partial charge on any atom is -0.378 e. The van der Waals surface area contributed by atoms with E-state index in [1.165, 1.54) is 25.7 Å². The normalized spacial score (nSPS) is 27.0. The zero-order chi connectivity index (χ0) is 15.7. The van der Waals surface area contributed by atoms with Crippen LogP contribution in [0.15, 0.2) is 29.4 Å². The molecular formula is C18H25N3O. The lowest BCUT2D eigenvalue weighted by molar-refractivity contribution is 0.0954. The molecule has 2 aliphatic carbocycles. The minimum absolute atomic E-state index is 0.132. The zero-order valence-corrected chi connectivity index (χ0v) is 13.7. The second-order valence-electron chi connectivity index (χ2n) is 6.92. The highest BCUT2D eigenvalue weighted by molar-refractivity contribution is 5.95. The third-order valence-corrected chi connectivity index (χ3v) is 5.25. The molecule has 3 rings (SSSR count). The van der Waals surface area contributed by atoms with E-state index in [4.69, 9.17) is 0 Å². The summed E-state index contributed by atoms with van der Waals surface area (Å²) >= 11 is 0. The number of carbonyl (C=O) groups excluding carboxylic acids is 1. The van der Waals surface area contributed by atoms with E-state index in [2.05, 4.69) is 17.5 Å². The van der Waals surface area contributed by atoms with Gasteiger partial charge in [0.2, 0.25) is 0 Å². The van der Waals surface area contributed by atoms with Crippen LogP contribution in [0.2, 0.25) is 0 Å². The predicted molar refractivity (Wildman–Crippen MR) is 90.3 cm³/mol. The Labute approximate surface area is 132 Å². The fraction of sp³-hybridized carbons (Fsp3) is 0.556. The summed E-state index contributed by atoms with van der Waals surface area (Å²) in [7, 11) is 3.97. The molecule has 1 N–H and O–H groups in total. The van der Waals surface area contributed by atoms with Gasteiger partial charge in [-0.15, -0.1) is 0 Å². The quantitative estimate of drug-likeness (QED) is 0.685. The fourth-order valence-electron chi connectivity index (χ4n) is 3.95. The first-order valence-corrected chi connectivity index (χ1v) is 8.16. The van der Waals surface area contributed by atoms with Gasteiger partial charge in [0.25, 0.3) is 5.91 Å². The standard InChI is InChI=1S/C18H25N3O/c1-12(17-11-13-4-5-15(17)10-13)19-20-18(22)14-6-8-16(9-7-14)21(2)3/h6-9,13,15,17H,4-5,10-11H2,1-3H3,(H,20,22). The van der Waals surface area contributed by atoms with E-state index in [-0.39, 0.29) is 5.91 Å². The Bertz CT molecular complexity index is 576. The van der Waals surface area contributed by atoms with Crippen molar-refractivity contribution in [2.45, 2.75) is 32.6 Å². The van der Waals surface area contributed by atoms with E-state index in [0.717, 1.165) is 23.2 Å². The SMILES string of the molecule is CC(=NNC(=O)c1ccc(N(C)C)cc1)C1CC2CCC1C2. The highest BCUT2D eigenvalue weighted by Crippen LogP contribution is 2.48. The van der Waals surface area contributed by atoms with Crippen LogP contribution in [0.3, 0.4) is 0 Å². The molecule has 1 amide bonds. The highest BCUT2D eigenvalue weighted by atomic mass is 16.2. The van der Waals surface area contributed by atoms with Crippen LogP contribution >= 0.6 is 0 Å². The summed E-state index contributed by atoms with van der Waals surface area (Å²) in [5.41, 5.74) is 5.54. The van der Waals surface area contributed by atoms with Gasteiger partial charge in [0.1, 0.15) is 0 Å². The number of hydrogen-bond acceptors (Lipinski definition) is 3. The maximum Gasteiger partial charge on any atom is 0.271 e. The number of amides is 1. The summed E-state index contributed by atoms with van der Waals surface area (Å²) in [5.74, 6) is 2.14. The molecule has 22 heavy (non-hydrogen) atoms. The van der Waals surface area contributed by atoms with E-state index < -0.39 is 0 Å². The zero-order valence-electron chi connectivity index (χ0n) is 13.7. The number of hydrogen-bond donors (Lipinski definition) is 1. The van der Waals surface area contributed by atoms with E-state index in [0.29, 0.717) is 11.5 Å². The summed E-state index contributed by atoms with van der Waals surface area (Å²) < 4.78 is 0. The number of fused-ring (bicyclic) bond motifs is 2. The van der Waals surface area contributed by atoms with Gasteiger partial charge in [-0.1, -0.05) is 6.42 Å². The largest absolute Gasteiger partial charge is 0.378 e. The number of nitrogens with zero attached hydrogens (tertiary/aromatic N) is 2. The molecule has 118 valence electrons. The molecule has 0 spiro atoms. The van der Waals surface area contributed by atoms with Gasteiger partial charge >= 0.3 is 0 Å². The van der Waals surface area contributed by atoms with Crippen LogP contribution in [-0.2, 0) is 0 Å². The molecule has 3 unspecified atom stereocenters. The van der Waals surface area contributed by atoms with Crippen LogP contribution in [0.25, 0.3) is 0 Å². The second-order valence-corrected chi connectivity index (χ2v) is 6.92. The smallest absolute Gasteiger partial charge is 0.271 e. The third-order valence-electron chi connectivity index (χ3n) is 5.25. The average molecular weight is 299 g/mol. The second kappa shape index (κ2) is 6.11. The van der Waals surface area contributed by atoms with Crippen molar-refractivity contribution in [3.05, 3.63) is 29.8 Å². The molecular weight excluding hydrogens is 274 g/mol.